The van der Waals surface area contributed by atoms with Gasteiger partial charge in [-0.3, -0.25) is 9.48 Å². The number of hydrogen-bond donors (Lipinski definition) is 1. The molecule has 0 spiro atoms. The predicted molar refractivity (Wildman–Crippen MR) is 89.2 cm³/mol. The summed E-state index contributed by atoms with van der Waals surface area (Å²) in [5, 5.41) is 7.72. The van der Waals surface area contributed by atoms with E-state index in [2.05, 4.69) is 38.1 Å². The molecule has 1 amide bonds. The van der Waals surface area contributed by atoms with Gasteiger partial charge in [-0.05, 0) is 59.5 Å². The van der Waals surface area contributed by atoms with E-state index >= 15 is 0 Å². The SMILES string of the molecule is CCc1c(C(=O)N2CCC[C@H](CNC)C2)cnn1C(C)(C)C. The minimum Gasteiger partial charge on any atom is -0.338 e. The molecule has 124 valence electrons. The van der Waals surface area contributed by atoms with Gasteiger partial charge in [-0.1, -0.05) is 6.92 Å². The standard InChI is InChI=1S/C17H30N4O/c1-6-15-14(11-19-21(15)17(2,3)4)16(22)20-9-7-8-13(12-20)10-18-5/h11,13,18H,6-10,12H2,1-5H3/t13-/m1/s1. The Bertz CT molecular complexity index is 513. The predicted octanol–water partition coefficient (Wildman–Crippen LogP) is 2.27. The fraction of sp³-hybridized carbons (Fsp3) is 0.765. The zero-order chi connectivity index (χ0) is 16.3. The van der Waals surface area contributed by atoms with Crippen LogP contribution in [0.2, 0.25) is 0 Å². The first-order chi connectivity index (χ1) is 10.4. The number of carbonyl (C=O) groups excluding carboxylic acids is 1. The number of likely N-dealkylation sites (tertiary alicyclic amines) is 1. The molecule has 5 nitrogen and oxygen atoms in total. The second-order valence-electron chi connectivity index (χ2n) is 7.26. The maximum absolute atomic E-state index is 12.9. The molecule has 2 heterocycles. The molecule has 0 aliphatic carbocycles. The lowest BCUT2D eigenvalue weighted by Gasteiger charge is -2.33. The monoisotopic (exact) mass is 306 g/mol. The summed E-state index contributed by atoms with van der Waals surface area (Å²) in [6.07, 6.45) is 4.87. The van der Waals surface area contributed by atoms with Gasteiger partial charge in [-0.25, -0.2) is 0 Å². The van der Waals surface area contributed by atoms with Crippen molar-refractivity contribution in [1.82, 2.24) is 20.0 Å². The van der Waals surface area contributed by atoms with Crippen LogP contribution in [0.5, 0.6) is 0 Å². The van der Waals surface area contributed by atoms with Crippen molar-refractivity contribution in [3.05, 3.63) is 17.5 Å². The van der Waals surface area contributed by atoms with Crippen LogP contribution < -0.4 is 5.32 Å². The van der Waals surface area contributed by atoms with Crippen LogP contribution in [0.15, 0.2) is 6.20 Å². The van der Waals surface area contributed by atoms with Gasteiger partial charge in [-0.15, -0.1) is 0 Å². The highest BCUT2D eigenvalue weighted by Crippen LogP contribution is 2.23. The lowest BCUT2D eigenvalue weighted by Crippen LogP contribution is -2.42. The van der Waals surface area contributed by atoms with Crippen LogP contribution >= 0.6 is 0 Å². The fourth-order valence-corrected chi connectivity index (χ4v) is 3.35. The van der Waals surface area contributed by atoms with E-state index in [0.29, 0.717) is 5.92 Å². The smallest absolute Gasteiger partial charge is 0.257 e. The number of rotatable bonds is 4. The third-order valence-electron chi connectivity index (χ3n) is 4.37. The summed E-state index contributed by atoms with van der Waals surface area (Å²) in [4.78, 5) is 14.9. The van der Waals surface area contributed by atoms with E-state index in [1.807, 2.05) is 16.6 Å². The first-order valence-electron chi connectivity index (χ1n) is 8.39. The van der Waals surface area contributed by atoms with E-state index in [4.69, 9.17) is 0 Å². The lowest BCUT2D eigenvalue weighted by atomic mass is 9.97. The molecule has 2 rings (SSSR count). The average molecular weight is 306 g/mol. The van der Waals surface area contributed by atoms with Crippen LogP contribution in [-0.2, 0) is 12.0 Å². The first-order valence-corrected chi connectivity index (χ1v) is 8.39. The average Bonchev–Trinajstić information content (AvgIpc) is 2.91. The highest BCUT2D eigenvalue weighted by Gasteiger charge is 2.28. The lowest BCUT2D eigenvalue weighted by molar-refractivity contribution is 0.0673. The highest BCUT2D eigenvalue weighted by molar-refractivity contribution is 5.95. The van der Waals surface area contributed by atoms with Crippen LogP contribution in [0, 0.1) is 5.92 Å². The van der Waals surface area contributed by atoms with Crippen molar-refractivity contribution in [3.63, 3.8) is 0 Å². The Kier molecular flexibility index (Phi) is 5.27. The van der Waals surface area contributed by atoms with E-state index in [1.165, 1.54) is 6.42 Å². The molecule has 0 unspecified atom stereocenters. The third-order valence-corrected chi connectivity index (χ3v) is 4.37. The molecule has 0 radical (unpaired) electrons. The molecule has 1 atom stereocenters. The van der Waals surface area contributed by atoms with Gasteiger partial charge in [0.1, 0.15) is 0 Å². The van der Waals surface area contributed by atoms with Crippen molar-refractivity contribution in [2.45, 2.75) is 52.5 Å². The van der Waals surface area contributed by atoms with E-state index in [-0.39, 0.29) is 11.4 Å². The quantitative estimate of drug-likeness (QED) is 0.928. The van der Waals surface area contributed by atoms with Gasteiger partial charge in [0.25, 0.3) is 5.91 Å². The van der Waals surface area contributed by atoms with Gasteiger partial charge in [-0.2, -0.15) is 5.10 Å². The number of nitrogens with one attached hydrogen (secondary N) is 1. The van der Waals surface area contributed by atoms with Crippen molar-refractivity contribution in [3.8, 4) is 0 Å². The molecule has 1 aromatic heterocycles. The largest absolute Gasteiger partial charge is 0.338 e. The second-order valence-corrected chi connectivity index (χ2v) is 7.26. The molecule has 5 heteroatoms. The van der Waals surface area contributed by atoms with E-state index in [0.717, 1.165) is 43.7 Å². The van der Waals surface area contributed by atoms with Gasteiger partial charge in [0.2, 0.25) is 0 Å². The summed E-state index contributed by atoms with van der Waals surface area (Å²) in [6, 6.07) is 0. The topological polar surface area (TPSA) is 50.2 Å². The molecule has 1 aliphatic heterocycles. The Balaban J connectivity index is 2.21. The summed E-state index contributed by atoms with van der Waals surface area (Å²) in [6.45, 7) is 11.2. The molecule has 0 bridgehead atoms. The number of hydrogen-bond acceptors (Lipinski definition) is 3. The molecule has 1 aliphatic rings. The maximum Gasteiger partial charge on any atom is 0.257 e. The van der Waals surface area contributed by atoms with Crippen molar-refractivity contribution in [2.24, 2.45) is 5.92 Å². The number of aromatic nitrogens is 2. The highest BCUT2D eigenvalue weighted by atomic mass is 16.2. The van der Waals surface area contributed by atoms with Gasteiger partial charge >= 0.3 is 0 Å². The molecule has 0 aromatic carbocycles. The summed E-state index contributed by atoms with van der Waals surface area (Å²) in [5.74, 6) is 0.707. The van der Waals surface area contributed by atoms with Gasteiger partial charge in [0.15, 0.2) is 0 Å². The van der Waals surface area contributed by atoms with Crippen LogP contribution in [0.4, 0.5) is 0 Å². The molecular weight excluding hydrogens is 276 g/mol. The molecule has 1 N–H and O–H groups in total. The summed E-state index contributed by atoms with van der Waals surface area (Å²) in [7, 11) is 1.98. The minimum absolute atomic E-state index is 0.0968. The van der Waals surface area contributed by atoms with Crippen LogP contribution in [-0.4, -0.2) is 47.3 Å². The molecular formula is C17H30N4O. The van der Waals surface area contributed by atoms with E-state index < -0.39 is 0 Å². The van der Waals surface area contributed by atoms with Crippen LogP contribution in [0.1, 0.15) is 56.6 Å². The van der Waals surface area contributed by atoms with Gasteiger partial charge in [0.05, 0.1) is 23.0 Å². The Hall–Kier alpha value is -1.36. The Labute approximate surface area is 134 Å². The number of piperidine rings is 1. The first kappa shape index (κ1) is 17.0. The molecule has 22 heavy (non-hydrogen) atoms. The molecule has 1 fully saturated rings. The Morgan fingerprint density at radius 2 is 2.18 bits per heavy atom. The number of nitrogens with zero attached hydrogens (tertiary/aromatic N) is 3. The number of amides is 1. The van der Waals surface area contributed by atoms with Crippen molar-refractivity contribution < 1.29 is 4.79 Å². The second kappa shape index (κ2) is 6.82. The van der Waals surface area contributed by atoms with E-state index in [9.17, 15) is 4.79 Å². The molecule has 1 saturated heterocycles. The maximum atomic E-state index is 12.9. The van der Waals surface area contributed by atoms with Crippen molar-refractivity contribution in [2.75, 3.05) is 26.7 Å². The van der Waals surface area contributed by atoms with Crippen LogP contribution in [0.3, 0.4) is 0 Å². The third kappa shape index (κ3) is 3.51. The molecule has 0 saturated carbocycles. The van der Waals surface area contributed by atoms with Gasteiger partial charge < -0.3 is 10.2 Å². The van der Waals surface area contributed by atoms with Crippen molar-refractivity contribution >= 4 is 5.91 Å². The van der Waals surface area contributed by atoms with Gasteiger partial charge in [0, 0.05) is 13.1 Å². The van der Waals surface area contributed by atoms with Crippen LogP contribution in [0.25, 0.3) is 0 Å². The minimum atomic E-state index is -0.0968. The van der Waals surface area contributed by atoms with Crippen molar-refractivity contribution in [1.29, 1.82) is 0 Å². The molecule has 1 aromatic rings. The number of carbonyl (C=O) groups is 1. The summed E-state index contributed by atoms with van der Waals surface area (Å²) >= 11 is 0. The Morgan fingerprint density at radius 3 is 2.77 bits per heavy atom. The normalized spacial score (nSPS) is 19.5. The zero-order valence-corrected chi connectivity index (χ0v) is 14.6. The summed E-state index contributed by atoms with van der Waals surface area (Å²) < 4.78 is 2.00. The Morgan fingerprint density at radius 1 is 1.45 bits per heavy atom. The van der Waals surface area contributed by atoms with E-state index in [1.54, 1.807) is 6.20 Å². The summed E-state index contributed by atoms with van der Waals surface area (Å²) in [5.41, 5.74) is 1.73. The zero-order valence-electron chi connectivity index (χ0n) is 14.6. The fourth-order valence-electron chi connectivity index (χ4n) is 3.35.